The zero-order valence-corrected chi connectivity index (χ0v) is 15.0. The van der Waals surface area contributed by atoms with E-state index in [1.54, 1.807) is 7.11 Å². The molecule has 0 aliphatic heterocycles. The summed E-state index contributed by atoms with van der Waals surface area (Å²) in [6.45, 7) is 1.72. The molecule has 3 heteroatoms. The fourth-order valence-corrected chi connectivity index (χ4v) is 3.13. The summed E-state index contributed by atoms with van der Waals surface area (Å²) < 4.78 is 18.6. The van der Waals surface area contributed by atoms with E-state index in [0.29, 0.717) is 0 Å². The molecule has 0 heterocycles. The van der Waals surface area contributed by atoms with Crippen LogP contribution in [0.1, 0.15) is 29.0 Å². The molecule has 26 heavy (non-hydrogen) atoms. The number of benzene rings is 3. The van der Waals surface area contributed by atoms with Gasteiger partial charge in [0, 0.05) is 12.5 Å². The van der Waals surface area contributed by atoms with Gasteiger partial charge in [-0.1, -0.05) is 54.6 Å². The van der Waals surface area contributed by atoms with Crippen LogP contribution in [0, 0.1) is 5.82 Å². The van der Waals surface area contributed by atoms with Crippen LogP contribution in [0.5, 0.6) is 5.75 Å². The van der Waals surface area contributed by atoms with Gasteiger partial charge in [0.15, 0.2) is 0 Å². The minimum absolute atomic E-state index is 0.204. The van der Waals surface area contributed by atoms with Gasteiger partial charge in [-0.25, -0.2) is 4.39 Å². The van der Waals surface area contributed by atoms with Gasteiger partial charge in [-0.15, -0.1) is 0 Å². The highest BCUT2D eigenvalue weighted by Gasteiger charge is 2.14. The number of nitrogens with one attached hydrogen (secondary N) is 1. The van der Waals surface area contributed by atoms with Crippen LogP contribution in [-0.2, 0) is 6.54 Å². The lowest BCUT2D eigenvalue weighted by Gasteiger charge is -2.19. The van der Waals surface area contributed by atoms with Gasteiger partial charge in [0.1, 0.15) is 11.6 Å². The molecule has 0 saturated heterocycles. The molecule has 0 bridgehead atoms. The van der Waals surface area contributed by atoms with Crippen molar-refractivity contribution in [2.45, 2.75) is 18.9 Å². The van der Waals surface area contributed by atoms with Crippen LogP contribution in [0.3, 0.4) is 0 Å². The minimum atomic E-state index is -0.204. The van der Waals surface area contributed by atoms with Crippen LogP contribution in [0.4, 0.5) is 4.39 Å². The number of halogens is 1. The van der Waals surface area contributed by atoms with Crippen molar-refractivity contribution in [1.29, 1.82) is 0 Å². The monoisotopic (exact) mass is 349 g/mol. The number of methoxy groups -OCH3 is 1. The van der Waals surface area contributed by atoms with Crippen molar-refractivity contribution < 1.29 is 9.13 Å². The highest BCUT2D eigenvalue weighted by Crippen LogP contribution is 2.29. The lowest BCUT2D eigenvalue weighted by atomic mass is 9.88. The molecule has 0 aliphatic carbocycles. The van der Waals surface area contributed by atoms with Crippen molar-refractivity contribution in [1.82, 2.24) is 5.32 Å². The molecular formula is C23H24FNO. The fourth-order valence-electron chi connectivity index (χ4n) is 3.13. The number of ether oxygens (including phenoxy) is 1. The zero-order chi connectivity index (χ0) is 18.2. The Balaban J connectivity index is 1.69. The predicted molar refractivity (Wildman–Crippen MR) is 104 cm³/mol. The summed E-state index contributed by atoms with van der Waals surface area (Å²) in [6, 6.07) is 25.3. The molecule has 0 unspecified atom stereocenters. The molecular weight excluding hydrogens is 325 g/mol. The molecule has 0 amide bonds. The Morgan fingerprint density at radius 2 is 1.46 bits per heavy atom. The normalized spacial score (nSPS) is 11.9. The van der Waals surface area contributed by atoms with E-state index in [-0.39, 0.29) is 11.7 Å². The topological polar surface area (TPSA) is 21.3 Å². The van der Waals surface area contributed by atoms with Gasteiger partial charge in [-0.3, -0.25) is 0 Å². The van der Waals surface area contributed by atoms with Crippen molar-refractivity contribution in [3.05, 3.63) is 101 Å². The van der Waals surface area contributed by atoms with Crippen LogP contribution < -0.4 is 10.1 Å². The first-order chi connectivity index (χ1) is 12.8. The summed E-state index contributed by atoms with van der Waals surface area (Å²) in [4.78, 5) is 0. The van der Waals surface area contributed by atoms with E-state index < -0.39 is 0 Å². The van der Waals surface area contributed by atoms with E-state index >= 15 is 0 Å². The number of hydrogen-bond acceptors (Lipinski definition) is 2. The van der Waals surface area contributed by atoms with Crippen LogP contribution in [-0.4, -0.2) is 13.7 Å². The zero-order valence-electron chi connectivity index (χ0n) is 15.0. The first kappa shape index (κ1) is 18.2. The Hall–Kier alpha value is -2.65. The summed E-state index contributed by atoms with van der Waals surface area (Å²) in [5.41, 5.74) is 3.60. The summed E-state index contributed by atoms with van der Waals surface area (Å²) >= 11 is 0. The number of rotatable bonds is 8. The van der Waals surface area contributed by atoms with Crippen molar-refractivity contribution >= 4 is 0 Å². The van der Waals surface area contributed by atoms with Crippen molar-refractivity contribution in [2.75, 3.05) is 13.7 Å². The van der Waals surface area contributed by atoms with Crippen LogP contribution in [0.25, 0.3) is 0 Å². The molecule has 0 aliphatic rings. The maximum atomic E-state index is 13.3. The average molecular weight is 349 g/mol. The van der Waals surface area contributed by atoms with E-state index in [0.717, 1.165) is 30.8 Å². The van der Waals surface area contributed by atoms with E-state index in [1.165, 1.54) is 23.3 Å². The first-order valence-corrected chi connectivity index (χ1v) is 8.90. The molecule has 0 saturated carbocycles. The standard InChI is InChI=1S/C23H24FNO/c1-26-22-13-9-20(10-14-22)23(19-7-11-21(24)12-8-19)15-16-25-17-18-5-3-2-4-6-18/h2-14,23,25H,15-17H2,1H3/t23-/m1/s1. The third-order valence-corrected chi connectivity index (χ3v) is 4.57. The third-order valence-electron chi connectivity index (χ3n) is 4.57. The molecule has 0 aromatic heterocycles. The Morgan fingerprint density at radius 3 is 2.08 bits per heavy atom. The molecule has 134 valence electrons. The second-order valence-electron chi connectivity index (χ2n) is 6.33. The van der Waals surface area contributed by atoms with Crippen LogP contribution in [0.2, 0.25) is 0 Å². The molecule has 1 N–H and O–H groups in total. The largest absolute Gasteiger partial charge is 0.497 e. The predicted octanol–water partition coefficient (Wildman–Crippen LogP) is 5.15. The summed E-state index contributed by atoms with van der Waals surface area (Å²) in [5.74, 6) is 0.850. The molecule has 1 atom stereocenters. The Labute approximate surface area is 154 Å². The Morgan fingerprint density at radius 1 is 0.846 bits per heavy atom. The molecule has 0 radical (unpaired) electrons. The highest BCUT2D eigenvalue weighted by molar-refractivity contribution is 5.36. The molecule has 0 fully saturated rings. The highest BCUT2D eigenvalue weighted by atomic mass is 19.1. The quantitative estimate of drug-likeness (QED) is 0.568. The maximum absolute atomic E-state index is 13.3. The van der Waals surface area contributed by atoms with Gasteiger partial charge in [0.05, 0.1) is 7.11 Å². The van der Waals surface area contributed by atoms with Gasteiger partial charge < -0.3 is 10.1 Å². The van der Waals surface area contributed by atoms with E-state index in [2.05, 4.69) is 41.7 Å². The summed E-state index contributed by atoms with van der Waals surface area (Å²) in [7, 11) is 1.67. The lowest BCUT2D eigenvalue weighted by molar-refractivity contribution is 0.414. The summed E-state index contributed by atoms with van der Waals surface area (Å²) in [5, 5.41) is 3.51. The van der Waals surface area contributed by atoms with Gasteiger partial charge in [-0.2, -0.15) is 0 Å². The van der Waals surface area contributed by atoms with Crippen molar-refractivity contribution in [2.24, 2.45) is 0 Å². The summed E-state index contributed by atoms with van der Waals surface area (Å²) in [6.07, 6.45) is 0.935. The smallest absolute Gasteiger partial charge is 0.123 e. The molecule has 0 spiro atoms. The fraction of sp³-hybridized carbons (Fsp3) is 0.217. The van der Waals surface area contributed by atoms with Gasteiger partial charge >= 0.3 is 0 Å². The lowest BCUT2D eigenvalue weighted by Crippen LogP contribution is -2.17. The first-order valence-electron chi connectivity index (χ1n) is 8.90. The van der Waals surface area contributed by atoms with Crippen molar-refractivity contribution in [3.8, 4) is 5.75 Å². The third kappa shape index (κ3) is 4.93. The van der Waals surface area contributed by atoms with Gasteiger partial charge in [0.2, 0.25) is 0 Å². The molecule has 3 aromatic rings. The number of hydrogen-bond donors (Lipinski definition) is 1. The second kappa shape index (κ2) is 9.16. The van der Waals surface area contributed by atoms with E-state index in [9.17, 15) is 4.39 Å². The van der Waals surface area contributed by atoms with E-state index in [1.807, 2.05) is 30.3 Å². The average Bonchev–Trinajstić information content (AvgIpc) is 2.70. The Kier molecular flexibility index (Phi) is 6.39. The van der Waals surface area contributed by atoms with Gasteiger partial charge in [-0.05, 0) is 53.9 Å². The molecule has 3 aromatic carbocycles. The maximum Gasteiger partial charge on any atom is 0.123 e. The Bertz CT molecular complexity index is 785. The van der Waals surface area contributed by atoms with Crippen molar-refractivity contribution in [3.63, 3.8) is 0 Å². The van der Waals surface area contributed by atoms with Crippen LogP contribution in [0.15, 0.2) is 78.9 Å². The minimum Gasteiger partial charge on any atom is -0.497 e. The SMILES string of the molecule is COc1ccc([C@H](CCNCc2ccccc2)c2ccc(F)cc2)cc1. The second-order valence-corrected chi connectivity index (χ2v) is 6.33. The molecule has 2 nitrogen and oxygen atoms in total. The molecule has 3 rings (SSSR count). The van der Waals surface area contributed by atoms with Gasteiger partial charge in [0.25, 0.3) is 0 Å². The van der Waals surface area contributed by atoms with E-state index in [4.69, 9.17) is 4.74 Å². The van der Waals surface area contributed by atoms with Crippen LogP contribution >= 0.6 is 0 Å².